The van der Waals surface area contributed by atoms with Crippen LogP contribution in [0.15, 0.2) is 47.4 Å². The van der Waals surface area contributed by atoms with E-state index in [1.54, 1.807) is 21.9 Å². The summed E-state index contributed by atoms with van der Waals surface area (Å²) in [7, 11) is 0. The van der Waals surface area contributed by atoms with Crippen molar-refractivity contribution in [1.82, 2.24) is 9.80 Å². The zero-order valence-corrected chi connectivity index (χ0v) is 16.5. The van der Waals surface area contributed by atoms with Crippen LogP contribution in [0.2, 0.25) is 0 Å². The van der Waals surface area contributed by atoms with E-state index in [4.69, 9.17) is 4.74 Å². The second kappa shape index (κ2) is 8.48. The normalized spacial score (nSPS) is 14.2. The topological polar surface area (TPSA) is 49.9 Å². The molecule has 0 spiro atoms. The largest absolute Gasteiger partial charge is 0.484 e. The lowest BCUT2D eigenvalue weighted by atomic mass is 10.1. The van der Waals surface area contributed by atoms with Gasteiger partial charge in [-0.15, -0.1) is 12.6 Å². The molecule has 27 heavy (non-hydrogen) atoms. The monoisotopic (exact) mass is 384 g/mol. The Balaban J connectivity index is 1.52. The van der Waals surface area contributed by atoms with Crippen molar-refractivity contribution in [3.63, 3.8) is 0 Å². The van der Waals surface area contributed by atoms with Gasteiger partial charge in [0.05, 0.1) is 5.56 Å². The molecule has 5 nitrogen and oxygen atoms in total. The number of piperazine rings is 1. The van der Waals surface area contributed by atoms with Gasteiger partial charge >= 0.3 is 0 Å². The first-order chi connectivity index (χ1) is 13.0. The molecule has 6 heteroatoms. The SMILES string of the molecule is Cc1ccc(OCC(=O)N2CCN(C(=O)c3ccccc3S)CC2)c(C)c1. The molecule has 2 amide bonds. The molecular weight excluding hydrogens is 360 g/mol. The van der Waals surface area contributed by atoms with Crippen LogP contribution in [0.5, 0.6) is 5.75 Å². The summed E-state index contributed by atoms with van der Waals surface area (Å²) in [5.41, 5.74) is 2.78. The number of hydrogen-bond acceptors (Lipinski definition) is 4. The maximum atomic E-state index is 12.6. The van der Waals surface area contributed by atoms with Gasteiger partial charge in [0.1, 0.15) is 5.75 Å². The molecule has 1 aliphatic heterocycles. The first kappa shape index (κ1) is 19.3. The van der Waals surface area contributed by atoms with Gasteiger partial charge in [-0.2, -0.15) is 0 Å². The van der Waals surface area contributed by atoms with E-state index in [9.17, 15) is 9.59 Å². The number of rotatable bonds is 4. The molecule has 0 radical (unpaired) electrons. The Kier molecular flexibility index (Phi) is 6.06. The minimum Gasteiger partial charge on any atom is -0.484 e. The fraction of sp³-hybridized carbons (Fsp3) is 0.333. The molecule has 0 aromatic heterocycles. The highest BCUT2D eigenvalue weighted by Crippen LogP contribution is 2.19. The van der Waals surface area contributed by atoms with Gasteiger partial charge in [0.15, 0.2) is 6.61 Å². The molecule has 1 aliphatic rings. The van der Waals surface area contributed by atoms with Crippen LogP contribution in [0.1, 0.15) is 21.5 Å². The molecule has 3 rings (SSSR count). The smallest absolute Gasteiger partial charge is 0.260 e. The van der Waals surface area contributed by atoms with Gasteiger partial charge in [0.2, 0.25) is 0 Å². The van der Waals surface area contributed by atoms with Crippen molar-refractivity contribution >= 4 is 24.4 Å². The number of ether oxygens (including phenoxy) is 1. The highest BCUT2D eigenvalue weighted by atomic mass is 32.1. The lowest BCUT2D eigenvalue weighted by Gasteiger charge is -2.35. The maximum absolute atomic E-state index is 12.6. The molecular formula is C21H24N2O3S. The minimum atomic E-state index is -0.0586. The number of thiol groups is 1. The summed E-state index contributed by atoms with van der Waals surface area (Å²) in [6.45, 7) is 6.04. The van der Waals surface area contributed by atoms with Gasteiger partial charge in [-0.3, -0.25) is 9.59 Å². The van der Waals surface area contributed by atoms with Crippen molar-refractivity contribution in [3.8, 4) is 5.75 Å². The highest BCUT2D eigenvalue weighted by Gasteiger charge is 2.25. The fourth-order valence-corrected chi connectivity index (χ4v) is 3.43. The van der Waals surface area contributed by atoms with Gasteiger partial charge in [0.25, 0.3) is 11.8 Å². The number of benzene rings is 2. The molecule has 1 saturated heterocycles. The fourth-order valence-electron chi connectivity index (χ4n) is 3.18. The van der Waals surface area contributed by atoms with Crippen molar-refractivity contribution in [1.29, 1.82) is 0 Å². The Morgan fingerprint density at radius 1 is 1.00 bits per heavy atom. The average Bonchev–Trinajstić information content (AvgIpc) is 2.67. The van der Waals surface area contributed by atoms with E-state index in [1.807, 2.05) is 44.2 Å². The quantitative estimate of drug-likeness (QED) is 0.825. The van der Waals surface area contributed by atoms with E-state index in [1.165, 1.54) is 0 Å². The molecule has 2 aromatic carbocycles. The third-order valence-electron chi connectivity index (χ3n) is 4.74. The van der Waals surface area contributed by atoms with Crippen LogP contribution in [0.3, 0.4) is 0 Å². The molecule has 1 heterocycles. The van der Waals surface area contributed by atoms with Crippen molar-refractivity contribution in [2.45, 2.75) is 18.7 Å². The van der Waals surface area contributed by atoms with Gasteiger partial charge in [-0.05, 0) is 37.6 Å². The number of hydrogen-bond donors (Lipinski definition) is 1. The number of carbonyl (C=O) groups is 2. The van der Waals surface area contributed by atoms with Gasteiger partial charge in [0, 0.05) is 31.1 Å². The highest BCUT2D eigenvalue weighted by molar-refractivity contribution is 7.80. The van der Waals surface area contributed by atoms with Crippen molar-refractivity contribution in [3.05, 3.63) is 59.2 Å². The first-order valence-corrected chi connectivity index (χ1v) is 9.45. The second-order valence-corrected chi connectivity index (χ2v) is 7.23. The molecule has 0 aliphatic carbocycles. The third kappa shape index (κ3) is 4.63. The number of carbonyl (C=O) groups excluding carboxylic acids is 2. The number of nitrogens with zero attached hydrogens (tertiary/aromatic N) is 2. The molecule has 142 valence electrons. The zero-order chi connectivity index (χ0) is 19.4. The van der Waals surface area contributed by atoms with Crippen LogP contribution in [0.25, 0.3) is 0 Å². The Morgan fingerprint density at radius 2 is 1.67 bits per heavy atom. The number of aryl methyl sites for hydroxylation is 2. The van der Waals surface area contributed by atoms with Crippen molar-refractivity contribution in [2.24, 2.45) is 0 Å². The van der Waals surface area contributed by atoms with Crippen LogP contribution in [0, 0.1) is 13.8 Å². The maximum Gasteiger partial charge on any atom is 0.260 e. The zero-order valence-electron chi connectivity index (χ0n) is 15.6. The van der Waals surface area contributed by atoms with Gasteiger partial charge < -0.3 is 14.5 Å². The second-order valence-electron chi connectivity index (χ2n) is 6.75. The van der Waals surface area contributed by atoms with E-state index in [-0.39, 0.29) is 18.4 Å². The average molecular weight is 385 g/mol. The van der Waals surface area contributed by atoms with E-state index in [0.29, 0.717) is 36.6 Å². The summed E-state index contributed by atoms with van der Waals surface area (Å²) in [6, 6.07) is 13.2. The minimum absolute atomic E-state index is 0.0112. The summed E-state index contributed by atoms with van der Waals surface area (Å²) < 4.78 is 5.68. The van der Waals surface area contributed by atoms with Crippen LogP contribution < -0.4 is 4.74 Å². The van der Waals surface area contributed by atoms with E-state index in [0.717, 1.165) is 16.9 Å². The molecule has 2 aromatic rings. The van der Waals surface area contributed by atoms with Gasteiger partial charge in [-0.1, -0.05) is 29.8 Å². The van der Waals surface area contributed by atoms with Crippen LogP contribution in [0.4, 0.5) is 0 Å². The molecule has 1 fully saturated rings. The molecule has 0 N–H and O–H groups in total. The molecule has 0 unspecified atom stereocenters. The summed E-state index contributed by atoms with van der Waals surface area (Å²) in [4.78, 5) is 29.2. The molecule has 0 atom stereocenters. The van der Waals surface area contributed by atoms with Crippen molar-refractivity contribution in [2.75, 3.05) is 32.8 Å². The third-order valence-corrected chi connectivity index (χ3v) is 5.13. The van der Waals surface area contributed by atoms with Crippen molar-refractivity contribution < 1.29 is 14.3 Å². The lowest BCUT2D eigenvalue weighted by molar-refractivity contribution is -0.134. The predicted octanol–water partition coefficient (Wildman–Crippen LogP) is 2.96. The van der Waals surface area contributed by atoms with E-state index in [2.05, 4.69) is 12.6 Å². The van der Waals surface area contributed by atoms with E-state index < -0.39 is 0 Å². The summed E-state index contributed by atoms with van der Waals surface area (Å²) in [6.07, 6.45) is 0. The van der Waals surface area contributed by atoms with E-state index >= 15 is 0 Å². The Hall–Kier alpha value is -2.47. The Labute approximate surface area is 165 Å². The van der Waals surface area contributed by atoms with Crippen LogP contribution >= 0.6 is 12.6 Å². The number of amides is 2. The predicted molar refractivity (Wildman–Crippen MR) is 108 cm³/mol. The standard InChI is InChI=1S/C21H24N2O3S/c1-15-7-8-18(16(2)13-15)26-14-20(24)22-9-11-23(12-10-22)21(25)17-5-3-4-6-19(17)27/h3-8,13,27H,9-12,14H2,1-2H3. The Bertz CT molecular complexity index is 845. The molecule has 0 saturated carbocycles. The summed E-state index contributed by atoms with van der Waals surface area (Å²) >= 11 is 4.36. The summed E-state index contributed by atoms with van der Waals surface area (Å²) in [5, 5.41) is 0. The van der Waals surface area contributed by atoms with Gasteiger partial charge in [-0.25, -0.2) is 0 Å². The summed E-state index contributed by atoms with van der Waals surface area (Å²) in [5.74, 6) is 0.629. The van der Waals surface area contributed by atoms with Crippen LogP contribution in [-0.4, -0.2) is 54.4 Å². The Morgan fingerprint density at radius 3 is 2.33 bits per heavy atom. The molecule has 0 bridgehead atoms. The first-order valence-electron chi connectivity index (χ1n) is 9.01. The lowest BCUT2D eigenvalue weighted by Crippen LogP contribution is -2.51. The van der Waals surface area contributed by atoms with Crippen LogP contribution in [-0.2, 0) is 4.79 Å².